The summed E-state index contributed by atoms with van der Waals surface area (Å²) < 4.78 is 0. The van der Waals surface area contributed by atoms with Gasteiger partial charge in [-0.3, -0.25) is 0 Å². The van der Waals surface area contributed by atoms with Crippen molar-refractivity contribution in [1.82, 2.24) is 0 Å². The third-order valence-corrected chi connectivity index (χ3v) is 11.1. The molecule has 31 heavy (non-hydrogen) atoms. The maximum absolute atomic E-state index is 11.6. The van der Waals surface area contributed by atoms with Gasteiger partial charge in [0.2, 0.25) is 0 Å². The summed E-state index contributed by atoms with van der Waals surface area (Å²) in [6, 6.07) is 0. The van der Waals surface area contributed by atoms with Gasteiger partial charge in [-0.15, -0.1) is 0 Å². The number of hydrogen-bond donors (Lipinski definition) is 3. The molecule has 4 fully saturated rings. The lowest BCUT2D eigenvalue weighted by atomic mass is 9.43. The molecule has 4 nitrogen and oxygen atoms in total. The van der Waals surface area contributed by atoms with E-state index < -0.39 is 0 Å². The molecule has 12 atom stereocenters. The molecule has 2 unspecified atom stereocenters. The minimum absolute atomic E-state index is 0.116. The lowest BCUT2D eigenvalue weighted by Crippen LogP contribution is -2.62. The van der Waals surface area contributed by atoms with Crippen LogP contribution in [0.2, 0.25) is 0 Å². The van der Waals surface area contributed by atoms with E-state index in [4.69, 9.17) is 0 Å². The Morgan fingerprint density at radius 2 is 1.71 bits per heavy atom. The summed E-state index contributed by atoms with van der Waals surface area (Å²) in [6.45, 7) is 9.07. The maximum atomic E-state index is 11.6. The zero-order chi connectivity index (χ0) is 22.6. The molecule has 0 aromatic heterocycles. The molecule has 0 aromatic rings. The highest BCUT2D eigenvalue weighted by Crippen LogP contribution is 2.68. The number of aliphatic hydroxyl groups is 3. The first-order valence-electron chi connectivity index (χ1n) is 13.1. The van der Waals surface area contributed by atoms with Crippen LogP contribution in [0, 0.1) is 52.3 Å². The van der Waals surface area contributed by atoms with Crippen LogP contribution in [0.25, 0.3) is 0 Å². The van der Waals surface area contributed by atoms with E-state index in [1.54, 1.807) is 0 Å². The second-order valence-electron chi connectivity index (χ2n) is 12.5. The van der Waals surface area contributed by atoms with Gasteiger partial charge in [-0.2, -0.15) is 0 Å². The van der Waals surface area contributed by atoms with E-state index in [1.807, 2.05) is 6.92 Å². The van der Waals surface area contributed by atoms with Crippen LogP contribution >= 0.6 is 0 Å². The second-order valence-corrected chi connectivity index (χ2v) is 12.5. The number of fused-ring (bicyclic) bond motifs is 5. The highest BCUT2D eigenvalue weighted by molar-refractivity contribution is 5.52. The maximum Gasteiger partial charge on any atom is 0.122 e. The topological polar surface area (TPSA) is 77.8 Å². The minimum atomic E-state index is -0.308. The van der Waals surface area contributed by atoms with Crippen LogP contribution in [0.1, 0.15) is 91.9 Å². The fraction of sp³-hybridized carbons (Fsp3) is 0.963. The predicted octanol–water partition coefficient (Wildman–Crippen LogP) is 4.59. The first-order valence-corrected chi connectivity index (χ1v) is 13.1. The molecule has 0 aromatic carbocycles. The molecule has 3 N–H and O–H groups in total. The van der Waals surface area contributed by atoms with Gasteiger partial charge in [-0.25, -0.2) is 0 Å². The molecular weight excluding hydrogens is 388 g/mol. The van der Waals surface area contributed by atoms with E-state index in [0.29, 0.717) is 29.6 Å². The van der Waals surface area contributed by atoms with Crippen molar-refractivity contribution in [3.05, 3.63) is 0 Å². The largest absolute Gasteiger partial charge is 0.393 e. The molecule has 0 radical (unpaired) electrons. The number of carbonyl (C=O) groups excluding carboxylic acids is 1. The van der Waals surface area contributed by atoms with Gasteiger partial charge in [0.25, 0.3) is 0 Å². The normalized spacial score (nSPS) is 51.3. The molecule has 4 aliphatic carbocycles. The predicted molar refractivity (Wildman–Crippen MR) is 122 cm³/mol. The third-order valence-electron chi connectivity index (χ3n) is 11.1. The summed E-state index contributed by atoms with van der Waals surface area (Å²) in [4.78, 5) is 11.0. The average molecular weight is 435 g/mol. The Labute approximate surface area is 189 Å². The van der Waals surface area contributed by atoms with Gasteiger partial charge in [0.1, 0.15) is 6.29 Å². The molecule has 4 heteroatoms. The summed E-state index contributed by atoms with van der Waals surface area (Å²) in [5, 5.41) is 33.2. The smallest absolute Gasteiger partial charge is 0.122 e. The zero-order valence-electron chi connectivity index (χ0n) is 20.2. The Morgan fingerprint density at radius 3 is 2.42 bits per heavy atom. The van der Waals surface area contributed by atoms with Crippen molar-refractivity contribution in [1.29, 1.82) is 0 Å². The van der Waals surface area contributed by atoms with E-state index in [1.165, 1.54) is 0 Å². The molecule has 0 bridgehead atoms. The van der Waals surface area contributed by atoms with Crippen LogP contribution < -0.4 is 0 Å². The van der Waals surface area contributed by atoms with Gasteiger partial charge in [0.05, 0.1) is 18.3 Å². The van der Waals surface area contributed by atoms with Gasteiger partial charge in [-0.05, 0) is 97.7 Å². The number of hydrogen-bond acceptors (Lipinski definition) is 4. The Kier molecular flexibility index (Phi) is 6.67. The minimum Gasteiger partial charge on any atom is -0.393 e. The van der Waals surface area contributed by atoms with E-state index >= 15 is 0 Å². The summed E-state index contributed by atoms with van der Waals surface area (Å²) >= 11 is 0. The molecule has 0 amide bonds. The van der Waals surface area contributed by atoms with Crippen LogP contribution in [0.3, 0.4) is 0 Å². The van der Waals surface area contributed by atoms with Crippen LogP contribution in [-0.2, 0) is 4.79 Å². The molecule has 4 aliphatic rings. The molecular formula is C27H46O4. The Hall–Kier alpha value is -0.450. The van der Waals surface area contributed by atoms with Gasteiger partial charge >= 0.3 is 0 Å². The Balaban J connectivity index is 1.53. The Bertz CT molecular complexity index is 651. The number of carbonyl (C=O) groups is 1. The fourth-order valence-electron chi connectivity index (χ4n) is 9.16. The summed E-state index contributed by atoms with van der Waals surface area (Å²) in [5.41, 5.74) is 0.0231. The lowest BCUT2D eigenvalue weighted by Gasteiger charge is -2.63. The van der Waals surface area contributed by atoms with Crippen LogP contribution in [0.4, 0.5) is 0 Å². The van der Waals surface area contributed by atoms with E-state index in [9.17, 15) is 20.1 Å². The highest BCUT2D eigenvalue weighted by Gasteiger charge is 2.65. The van der Waals surface area contributed by atoms with Crippen LogP contribution in [0.15, 0.2) is 0 Å². The van der Waals surface area contributed by atoms with Crippen molar-refractivity contribution in [3.8, 4) is 0 Å². The molecule has 0 heterocycles. The van der Waals surface area contributed by atoms with Crippen molar-refractivity contribution >= 4 is 6.29 Å². The first kappa shape index (κ1) is 23.7. The monoisotopic (exact) mass is 434 g/mol. The number of rotatable bonds is 6. The molecule has 4 saturated carbocycles. The molecule has 0 saturated heterocycles. The van der Waals surface area contributed by atoms with Gasteiger partial charge < -0.3 is 20.1 Å². The molecule has 0 spiro atoms. The summed E-state index contributed by atoms with van der Waals surface area (Å²) in [6.07, 6.45) is 9.98. The number of aldehydes is 1. The standard InChI is InChI=1S/C27H46O4/c1-16(15-28)6-5-7-17(2)20-8-9-21-25-22(14-24(31)27(20,21)4)26(3)11-10-19(29)12-18(26)13-23(25)30/h15-25,29-31H,5-14H2,1-4H3/t16-,17-,18+,19-,20-,21+,22+,23-,24?,25+,26+,27?/m1/s1. The van der Waals surface area contributed by atoms with Crippen LogP contribution in [-0.4, -0.2) is 39.9 Å². The molecule has 0 aliphatic heterocycles. The zero-order valence-corrected chi connectivity index (χ0v) is 20.2. The number of aliphatic hydroxyl groups excluding tert-OH is 3. The van der Waals surface area contributed by atoms with Crippen molar-refractivity contribution < 1.29 is 20.1 Å². The van der Waals surface area contributed by atoms with E-state index in [0.717, 1.165) is 70.5 Å². The Morgan fingerprint density at radius 1 is 0.968 bits per heavy atom. The van der Waals surface area contributed by atoms with Gasteiger partial charge in [-0.1, -0.05) is 40.5 Å². The molecule has 178 valence electrons. The highest BCUT2D eigenvalue weighted by atomic mass is 16.3. The summed E-state index contributed by atoms with van der Waals surface area (Å²) in [7, 11) is 0. The van der Waals surface area contributed by atoms with Crippen molar-refractivity contribution in [2.75, 3.05) is 0 Å². The molecule has 4 rings (SSSR count). The SMILES string of the molecule is C[C@H](CCC[C@@H](C)C=O)[C@H]1CC[C@H]2[C@@H]3[C@H](O)C[C@@H]4C[C@H](O)CC[C@]4(C)[C@H]3CC(O)C12C. The van der Waals surface area contributed by atoms with Crippen molar-refractivity contribution in [2.24, 2.45) is 52.3 Å². The quantitative estimate of drug-likeness (QED) is 0.534. The lowest BCUT2D eigenvalue weighted by molar-refractivity contribution is -0.207. The van der Waals surface area contributed by atoms with Gasteiger partial charge in [0.15, 0.2) is 0 Å². The third kappa shape index (κ3) is 3.83. The van der Waals surface area contributed by atoms with Gasteiger partial charge in [0, 0.05) is 5.92 Å². The van der Waals surface area contributed by atoms with Crippen LogP contribution in [0.5, 0.6) is 0 Å². The fourth-order valence-corrected chi connectivity index (χ4v) is 9.16. The van der Waals surface area contributed by atoms with E-state index in [2.05, 4.69) is 20.8 Å². The van der Waals surface area contributed by atoms with E-state index in [-0.39, 0.29) is 41.0 Å². The average Bonchev–Trinajstić information content (AvgIpc) is 3.08. The first-order chi connectivity index (χ1) is 14.6. The second kappa shape index (κ2) is 8.72. The summed E-state index contributed by atoms with van der Waals surface area (Å²) in [5.74, 6) is 2.59. The van der Waals surface area contributed by atoms with Crippen molar-refractivity contribution in [2.45, 2.75) is 110 Å². The van der Waals surface area contributed by atoms with Crippen molar-refractivity contribution in [3.63, 3.8) is 0 Å².